The Morgan fingerprint density at radius 1 is 1.24 bits per heavy atom. The fourth-order valence-corrected chi connectivity index (χ4v) is 3.19. The van der Waals surface area contributed by atoms with E-state index >= 15 is 0 Å². The van der Waals surface area contributed by atoms with Crippen LogP contribution in [0.5, 0.6) is 5.75 Å². The first-order valence-corrected chi connectivity index (χ1v) is 9.69. The summed E-state index contributed by atoms with van der Waals surface area (Å²) in [6.07, 6.45) is 3.55. The first-order valence-electron chi connectivity index (χ1n) is 9.31. The lowest BCUT2D eigenvalue weighted by molar-refractivity contribution is 0.0940. The van der Waals surface area contributed by atoms with Crippen LogP contribution < -0.4 is 10.1 Å². The number of benzene rings is 2. The standard InChI is InChI=1S/C22H24ClN3O3/c1-4-29-14-17-13-16(7-10-19(17)28-3)22(27)25-20(21-24-11-12-26(21)2)15-5-8-18(23)9-6-15/h5-13,20H,4,14H2,1-3H3,(H,25,27)/t20-/m1/s1. The summed E-state index contributed by atoms with van der Waals surface area (Å²) in [6, 6.07) is 12.3. The summed E-state index contributed by atoms with van der Waals surface area (Å²) in [7, 11) is 3.49. The summed E-state index contributed by atoms with van der Waals surface area (Å²) < 4.78 is 12.8. The topological polar surface area (TPSA) is 65.4 Å². The largest absolute Gasteiger partial charge is 0.496 e. The van der Waals surface area contributed by atoms with Gasteiger partial charge in [-0.05, 0) is 42.8 Å². The minimum Gasteiger partial charge on any atom is -0.496 e. The van der Waals surface area contributed by atoms with Crippen molar-refractivity contribution in [2.45, 2.75) is 19.6 Å². The van der Waals surface area contributed by atoms with Gasteiger partial charge in [-0.25, -0.2) is 4.98 Å². The average molecular weight is 414 g/mol. The van der Waals surface area contributed by atoms with Gasteiger partial charge >= 0.3 is 0 Å². The van der Waals surface area contributed by atoms with E-state index in [0.717, 1.165) is 17.0 Å². The number of carbonyl (C=O) groups excluding carboxylic acids is 1. The summed E-state index contributed by atoms with van der Waals surface area (Å²) in [4.78, 5) is 17.5. The molecule has 0 fully saturated rings. The van der Waals surface area contributed by atoms with Gasteiger partial charge in [0, 0.05) is 42.2 Å². The Hall–Kier alpha value is -2.83. The van der Waals surface area contributed by atoms with E-state index in [-0.39, 0.29) is 5.91 Å². The van der Waals surface area contributed by atoms with Crippen LogP contribution in [0.1, 0.15) is 40.3 Å². The molecular formula is C22H24ClN3O3. The molecule has 0 saturated heterocycles. The molecule has 0 saturated carbocycles. The minimum absolute atomic E-state index is 0.214. The molecule has 29 heavy (non-hydrogen) atoms. The van der Waals surface area contributed by atoms with E-state index in [0.29, 0.717) is 29.5 Å². The second-order valence-electron chi connectivity index (χ2n) is 6.52. The van der Waals surface area contributed by atoms with Gasteiger partial charge in [0.2, 0.25) is 0 Å². The van der Waals surface area contributed by atoms with Gasteiger partial charge in [-0.1, -0.05) is 23.7 Å². The third kappa shape index (κ3) is 4.96. The van der Waals surface area contributed by atoms with Crippen LogP contribution in [-0.2, 0) is 18.4 Å². The number of hydrogen-bond donors (Lipinski definition) is 1. The number of ether oxygens (including phenoxy) is 2. The van der Waals surface area contributed by atoms with Crippen LogP contribution in [0.25, 0.3) is 0 Å². The van der Waals surface area contributed by atoms with Crippen molar-refractivity contribution < 1.29 is 14.3 Å². The molecule has 0 aliphatic carbocycles. The molecule has 6 nitrogen and oxygen atoms in total. The molecule has 3 aromatic rings. The Bertz CT molecular complexity index is 970. The zero-order valence-corrected chi connectivity index (χ0v) is 17.4. The van der Waals surface area contributed by atoms with Gasteiger partial charge in [-0.3, -0.25) is 4.79 Å². The quantitative estimate of drug-likeness (QED) is 0.602. The maximum atomic E-state index is 13.1. The average Bonchev–Trinajstić information content (AvgIpc) is 3.16. The lowest BCUT2D eigenvalue weighted by Gasteiger charge is -2.20. The Kier molecular flexibility index (Phi) is 6.90. The normalized spacial score (nSPS) is 11.9. The van der Waals surface area contributed by atoms with Gasteiger partial charge in [-0.15, -0.1) is 0 Å². The Morgan fingerprint density at radius 3 is 2.62 bits per heavy atom. The molecule has 1 N–H and O–H groups in total. The van der Waals surface area contributed by atoms with Crippen LogP contribution in [0, 0.1) is 0 Å². The molecule has 1 atom stereocenters. The summed E-state index contributed by atoms with van der Waals surface area (Å²) >= 11 is 6.03. The van der Waals surface area contributed by atoms with E-state index < -0.39 is 6.04 Å². The van der Waals surface area contributed by atoms with Gasteiger partial charge in [0.15, 0.2) is 0 Å². The van der Waals surface area contributed by atoms with Crippen molar-refractivity contribution in [3.8, 4) is 5.75 Å². The van der Waals surface area contributed by atoms with Crippen LogP contribution in [0.2, 0.25) is 5.02 Å². The number of aryl methyl sites for hydroxylation is 1. The molecule has 0 unspecified atom stereocenters. The zero-order chi connectivity index (χ0) is 20.8. The van der Waals surface area contributed by atoms with Gasteiger partial charge < -0.3 is 19.4 Å². The number of carbonyl (C=O) groups is 1. The summed E-state index contributed by atoms with van der Waals surface area (Å²) in [5.74, 6) is 1.20. The van der Waals surface area contributed by atoms with Crippen molar-refractivity contribution in [3.05, 3.63) is 82.4 Å². The van der Waals surface area contributed by atoms with Crippen molar-refractivity contribution in [1.82, 2.24) is 14.9 Å². The van der Waals surface area contributed by atoms with Gasteiger partial charge in [0.05, 0.1) is 13.7 Å². The van der Waals surface area contributed by atoms with Crippen LogP contribution in [0.4, 0.5) is 0 Å². The second kappa shape index (κ2) is 9.58. The smallest absolute Gasteiger partial charge is 0.252 e. The number of nitrogens with zero attached hydrogens (tertiary/aromatic N) is 2. The van der Waals surface area contributed by atoms with Gasteiger partial charge in [-0.2, -0.15) is 0 Å². The molecule has 1 heterocycles. The number of rotatable bonds is 8. The molecule has 2 aromatic carbocycles. The lowest BCUT2D eigenvalue weighted by atomic mass is 10.0. The maximum Gasteiger partial charge on any atom is 0.252 e. The highest BCUT2D eigenvalue weighted by Gasteiger charge is 2.22. The highest BCUT2D eigenvalue weighted by Crippen LogP contribution is 2.25. The number of aromatic nitrogens is 2. The first kappa shape index (κ1) is 20.9. The summed E-state index contributed by atoms with van der Waals surface area (Å²) in [6.45, 7) is 2.88. The molecule has 1 aromatic heterocycles. The maximum absolute atomic E-state index is 13.1. The molecule has 0 aliphatic heterocycles. The van der Waals surface area contributed by atoms with E-state index in [9.17, 15) is 4.79 Å². The lowest BCUT2D eigenvalue weighted by Crippen LogP contribution is -2.31. The monoisotopic (exact) mass is 413 g/mol. The zero-order valence-electron chi connectivity index (χ0n) is 16.7. The van der Waals surface area contributed by atoms with Crippen molar-refractivity contribution in [3.63, 3.8) is 0 Å². The molecule has 0 bridgehead atoms. The molecule has 0 aliphatic rings. The molecule has 0 spiro atoms. The summed E-state index contributed by atoms with van der Waals surface area (Å²) in [5.41, 5.74) is 2.23. The molecule has 7 heteroatoms. The molecule has 0 radical (unpaired) electrons. The summed E-state index contributed by atoms with van der Waals surface area (Å²) in [5, 5.41) is 3.72. The fourth-order valence-electron chi connectivity index (χ4n) is 3.07. The first-order chi connectivity index (χ1) is 14.0. The van der Waals surface area contributed by atoms with E-state index in [4.69, 9.17) is 21.1 Å². The number of methoxy groups -OCH3 is 1. The molecule has 152 valence electrons. The number of nitrogens with one attached hydrogen (secondary N) is 1. The highest BCUT2D eigenvalue weighted by atomic mass is 35.5. The predicted octanol–water partition coefficient (Wildman–Crippen LogP) is 4.14. The van der Waals surface area contributed by atoms with E-state index in [1.54, 1.807) is 43.6 Å². The predicted molar refractivity (Wildman–Crippen MR) is 112 cm³/mol. The fraction of sp³-hybridized carbons (Fsp3) is 0.273. The Balaban J connectivity index is 1.90. The van der Waals surface area contributed by atoms with Crippen LogP contribution in [0.3, 0.4) is 0 Å². The highest BCUT2D eigenvalue weighted by molar-refractivity contribution is 6.30. The SMILES string of the molecule is CCOCc1cc(C(=O)N[C@H](c2ccc(Cl)cc2)c2nccn2C)ccc1OC. The van der Waals surface area contributed by atoms with Crippen molar-refractivity contribution in [2.75, 3.05) is 13.7 Å². The Labute approximate surface area is 175 Å². The van der Waals surface area contributed by atoms with E-state index in [1.165, 1.54) is 0 Å². The number of hydrogen-bond acceptors (Lipinski definition) is 4. The van der Waals surface area contributed by atoms with Crippen LogP contribution in [-0.4, -0.2) is 29.2 Å². The van der Waals surface area contributed by atoms with Crippen molar-refractivity contribution in [1.29, 1.82) is 0 Å². The van der Waals surface area contributed by atoms with Gasteiger partial charge in [0.25, 0.3) is 5.91 Å². The molecule has 1 amide bonds. The number of halogens is 1. The third-order valence-corrected chi connectivity index (χ3v) is 4.85. The van der Waals surface area contributed by atoms with E-state index in [2.05, 4.69) is 10.3 Å². The Morgan fingerprint density at radius 2 is 2.00 bits per heavy atom. The minimum atomic E-state index is -0.419. The molecule has 3 rings (SSSR count). The van der Waals surface area contributed by atoms with Crippen molar-refractivity contribution in [2.24, 2.45) is 7.05 Å². The second-order valence-corrected chi connectivity index (χ2v) is 6.95. The number of imidazole rings is 1. The van der Waals surface area contributed by atoms with Crippen LogP contribution >= 0.6 is 11.6 Å². The third-order valence-electron chi connectivity index (χ3n) is 4.60. The van der Waals surface area contributed by atoms with Crippen LogP contribution in [0.15, 0.2) is 54.9 Å². The molecular weight excluding hydrogens is 390 g/mol. The van der Waals surface area contributed by atoms with Crippen molar-refractivity contribution >= 4 is 17.5 Å². The number of amides is 1. The van der Waals surface area contributed by atoms with Gasteiger partial charge in [0.1, 0.15) is 17.6 Å². The van der Waals surface area contributed by atoms with E-state index in [1.807, 2.05) is 36.9 Å².